The van der Waals surface area contributed by atoms with E-state index < -0.39 is 11.6 Å². The second-order valence-electron chi connectivity index (χ2n) is 7.31. The van der Waals surface area contributed by atoms with E-state index >= 15 is 0 Å². The number of carbonyl (C=O) groups is 1. The molecule has 0 saturated carbocycles. The number of likely N-dealkylation sites (tertiary alicyclic amines) is 2. The fourth-order valence-electron chi connectivity index (χ4n) is 4.16. The molecular weight excluding hydrogens is 312 g/mol. The standard InChI is InChI=1S/C18H25F2N3O/c19-15-3-2-14(10-16(15)20)11-23-7-1-5-18(13-23)6-9-22(12-18)8-4-17(21)24/h2-3,10H,1,4-9,11-13H2,(H2,21,24). The number of primary amides is 1. The third-order valence-corrected chi connectivity index (χ3v) is 5.32. The van der Waals surface area contributed by atoms with Crippen LogP contribution in [0.5, 0.6) is 0 Å². The van der Waals surface area contributed by atoms with Crippen molar-refractivity contribution >= 4 is 5.91 Å². The summed E-state index contributed by atoms with van der Waals surface area (Å²) in [5.41, 5.74) is 6.31. The van der Waals surface area contributed by atoms with E-state index in [0.717, 1.165) is 51.1 Å². The van der Waals surface area contributed by atoms with Gasteiger partial charge in [0.2, 0.25) is 5.91 Å². The number of hydrogen-bond acceptors (Lipinski definition) is 3. The van der Waals surface area contributed by atoms with Gasteiger partial charge in [-0.05, 0) is 55.5 Å². The molecule has 2 heterocycles. The first kappa shape index (κ1) is 17.3. The van der Waals surface area contributed by atoms with Crippen LogP contribution in [0, 0.1) is 17.0 Å². The molecule has 24 heavy (non-hydrogen) atoms. The molecule has 2 N–H and O–H groups in total. The molecule has 1 aromatic rings. The van der Waals surface area contributed by atoms with Gasteiger partial charge < -0.3 is 10.6 Å². The zero-order valence-corrected chi connectivity index (χ0v) is 13.9. The maximum atomic E-state index is 13.4. The smallest absolute Gasteiger partial charge is 0.218 e. The van der Waals surface area contributed by atoms with Crippen LogP contribution in [0.2, 0.25) is 0 Å². The number of halogens is 2. The van der Waals surface area contributed by atoms with Crippen LogP contribution in [0.3, 0.4) is 0 Å². The van der Waals surface area contributed by atoms with E-state index in [-0.39, 0.29) is 11.3 Å². The molecule has 0 radical (unpaired) electrons. The molecule has 132 valence electrons. The van der Waals surface area contributed by atoms with Gasteiger partial charge in [0.25, 0.3) is 0 Å². The molecule has 4 nitrogen and oxygen atoms in total. The molecule has 6 heteroatoms. The Morgan fingerprint density at radius 2 is 1.92 bits per heavy atom. The lowest BCUT2D eigenvalue weighted by atomic mass is 9.79. The van der Waals surface area contributed by atoms with Crippen LogP contribution in [-0.2, 0) is 11.3 Å². The molecule has 1 aromatic carbocycles. The van der Waals surface area contributed by atoms with E-state index in [1.165, 1.54) is 18.6 Å². The number of nitrogens with two attached hydrogens (primary N) is 1. The molecule has 1 unspecified atom stereocenters. The van der Waals surface area contributed by atoms with Crippen molar-refractivity contribution in [3.63, 3.8) is 0 Å². The highest BCUT2D eigenvalue weighted by Crippen LogP contribution is 2.39. The van der Waals surface area contributed by atoms with E-state index in [1.54, 1.807) is 6.07 Å². The van der Waals surface area contributed by atoms with Crippen LogP contribution in [0.25, 0.3) is 0 Å². The summed E-state index contributed by atoms with van der Waals surface area (Å²) >= 11 is 0. The van der Waals surface area contributed by atoms with Gasteiger partial charge in [-0.2, -0.15) is 0 Å². The largest absolute Gasteiger partial charge is 0.370 e. The van der Waals surface area contributed by atoms with Gasteiger partial charge in [-0.3, -0.25) is 9.69 Å². The second kappa shape index (κ2) is 7.15. The summed E-state index contributed by atoms with van der Waals surface area (Å²) in [6.45, 7) is 5.35. The Labute approximate surface area is 141 Å². The minimum absolute atomic E-state index is 0.250. The van der Waals surface area contributed by atoms with E-state index in [2.05, 4.69) is 9.80 Å². The van der Waals surface area contributed by atoms with Gasteiger partial charge in [-0.15, -0.1) is 0 Å². The molecule has 1 spiro atoms. The Morgan fingerprint density at radius 1 is 1.12 bits per heavy atom. The average molecular weight is 337 g/mol. The molecule has 0 bridgehead atoms. The predicted octanol–water partition coefficient (Wildman–Crippen LogP) is 2.13. The molecule has 3 rings (SSSR count). The summed E-state index contributed by atoms with van der Waals surface area (Å²) in [4.78, 5) is 15.6. The van der Waals surface area contributed by atoms with Crippen molar-refractivity contribution in [1.82, 2.24) is 9.80 Å². The topological polar surface area (TPSA) is 49.6 Å². The van der Waals surface area contributed by atoms with Crippen molar-refractivity contribution in [2.75, 3.05) is 32.7 Å². The van der Waals surface area contributed by atoms with Crippen molar-refractivity contribution < 1.29 is 13.6 Å². The monoisotopic (exact) mass is 337 g/mol. The van der Waals surface area contributed by atoms with Gasteiger partial charge in [-0.25, -0.2) is 8.78 Å². The van der Waals surface area contributed by atoms with E-state index in [0.29, 0.717) is 13.0 Å². The Kier molecular flexibility index (Phi) is 5.15. The number of hydrogen-bond donors (Lipinski definition) is 1. The first-order valence-electron chi connectivity index (χ1n) is 8.63. The number of amides is 1. The number of rotatable bonds is 5. The van der Waals surface area contributed by atoms with Crippen LogP contribution >= 0.6 is 0 Å². The Morgan fingerprint density at radius 3 is 2.67 bits per heavy atom. The molecule has 2 aliphatic heterocycles. The highest BCUT2D eigenvalue weighted by Gasteiger charge is 2.41. The normalized spacial score (nSPS) is 25.4. The number of piperidine rings is 1. The molecular formula is C18H25F2N3O. The van der Waals surface area contributed by atoms with Crippen molar-refractivity contribution in [2.45, 2.75) is 32.2 Å². The third kappa shape index (κ3) is 4.11. The van der Waals surface area contributed by atoms with Gasteiger partial charge >= 0.3 is 0 Å². The number of nitrogens with zero attached hydrogens (tertiary/aromatic N) is 2. The maximum Gasteiger partial charge on any atom is 0.218 e. The molecule has 1 atom stereocenters. The summed E-state index contributed by atoms with van der Waals surface area (Å²) in [5, 5.41) is 0. The third-order valence-electron chi connectivity index (χ3n) is 5.32. The summed E-state index contributed by atoms with van der Waals surface area (Å²) < 4.78 is 26.5. The number of carbonyl (C=O) groups excluding carboxylic acids is 1. The van der Waals surface area contributed by atoms with Crippen molar-refractivity contribution in [3.05, 3.63) is 35.4 Å². The van der Waals surface area contributed by atoms with Crippen molar-refractivity contribution in [3.8, 4) is 0 Å². The lowest BCUT2D eigenvalue weighted by Gasteiger charge is -2.40. The van der Waals surface area contributed by atoms with Crippen molar-refractivity contribution in [1.29, 1.82) is 0 Å². The summed E-state index contributed by atoms with van der Waals surface area (Å²) in [5.74, 6) is -1.83. The van der Waals surface area contributed by atoms with Crippen LogP contribution in [0.15, 0.2) is 18.2 Å². The minimum atomic E-state index is -0.797. The van der Waals surface area contributed by atoms with Crippen LogP contribution in [0.4, 0.5) is 8.78 Å². The van der Waals surface area contributed by atoms with Crippen LogP contribution < -0.4 is 5.73 Å². The van der Waals surface area contributed by atoms with Gasteiger partial charge in [0.15, 0.2) is 11.6 Å². The number of benzene rings is 1. The highest BCUT2D eigenvalue weighted by molar-refractivity contribution is 5.73. The van der Waals surface area contributed by atoms with Crippen LogP contribution in [0.1, 0.15) is 31.2 Å². The Hall–Kier alpha value is -1.53. The Balaban J connectivity index is 1.58. The minimum Gasteiger partial charge on any atom is -0.370 e. The van der Waals surface area contributed by atoms with Crippen LogP contribution in [-0.4, -0.2) is 48.4 Å². The molecule has 0 aromatic heterocycles. The van der Waals surface area contributed by atoms with E-state index in [1.807, 2.05) is 0 Å². The lowest BCUT2D eigenvalue weighted by Crippen LogP contribution is -2.44. The van der Waals surface area contributed by atoms with Crippen molar-refractivity contribution in [2.24, 2.45) is 11.1 Å². The van der Waals surface area contributed by atoms with Gasteiger partial charge in [0.05, 0.1) is 0 Å². The van der Waals surface area contributed by atoms with Gasteiger partial charge in [0.1, 0.15) is 0 Å². The van der Waals surface area contributed by atoms with E-state index in [9.17, 15) is 13.6 Å². The Bertz CT molecular complexity index is 610. The fraction of sp³-hybridized carbons (Fsp3) is 0.611. The maximum absolute atomic E-state index is 13.4. The van der Waals surface area contributed by atoms with Gasteiger partial charge in [-0.1, -0.05) is 6.07 Å². The second-order valence-corrected chi connectivity index (χ2v) is 7.31. The predicted molar refractivity (Wildman–Crippen MR) is 88.2 cm³/mol. The molecule has 2 saturated heterocycles. The lowest BCUT2D eigenvalue weighted by molar-refractivity contribution is -0.118. The fourth-order valence-corrected chi connectivity index (χ4v) is 4.16. The molecule has 2 fully saturated rings. The van der Waals surface area contributed by atoms with Gasteiger partial charge in [0, 0.05) is 32.6 Å². The summed E-state index contributed by atoms with van der Waals surface area (Å²) in [6, 6.07) is 4.16. The quantitative estimate of drug-likeness (QED) is 0.895. The summed E-state index contributed by atoms with van der Waals surface area (Å²) in [6.07, 6.45) is 3.84. The molecule has 2 aliphatic rings. The van der Waals surface area contributed by atoms with E-state index in [4.69, 9.17) is 5.73 Å². The molecule has 1 amide bonds. The zero-order valence-electron chi connectivity index (χ0n) is 13.9. The zero-order chi connectivity index (χ0) is 17.2. The molecule has 0 aliphatic carbocycles. The summed E-state index contributed by atoms with van der Waals surface area (Å²) in [7, 11) is 0. The average Bonchev–Trinajstić information content (AvgIpc) is 2.91. The first-order chi connectivity index (χ1) is 11.5. The SMILES string of the molecule is NC(=O)CCN1CCC2(CCCN(Cc3ccc(F)c(F)c3)C2)C1. The first-order valence-corrected chi connectivity index (χ1v) is 8.63. The highest BCUT2D eigenvalue weighted by atomic mass is 19.2.